The summed E-state index contributed by atoms with van der Waals surface area (Å²) in [5.74, 6) is 2.67. The fourth-order valence-electron chi connectivity index (χ4n) is 7.15. The van der Waals surface area contributed by atoms with Crippen LogP contribution in [-0.2, 0) is 4.79 Å². The van der Waals surface area contributed by atoms with Crippen LogP contribution in [0.25, 0.3) is 0 Å². The molecule has 3 aliphatic heterocycles. The first kappa shape index (κ1) is 26.3. The number of hydrazine groups is 1. The van der Waals surface area contributed by atoms with Gasteiger partial charge in [-0.15, -0.1) is 0 Å². The molecular formula is C26H51N7O. The van der Waals surface area contributed by atoms with Crippen molar-refractivity contribution >= 4 is 5.91 Å². The highest BCUT2D eigenvalue weighted by molar-refractivity contribution is 5.79. The van der Waals surface area contributed by atoms with Crippen LogP contribution in [-0.4, -0.2) is 86.9 Å². The van der Waals surface area contributed by atoms with Crippen molar-refractivity contribution in [2.45, 2.75) is 77.0 Å². The third kappa shape index (κ3) is 6.51. The zero-order chi connectivity index (χ0) is 24.1. The second-order valence-corrected chi connectivity index (χ2v) is 11.9. The normalized spacial score (nSPS) is 37.2. The number of nitrogens with one attached hydrogen (secondary N) is 4. The number of carbonyl (C=O) groups is 1. The van der Waals surface area contributed by atoms with Gasteiger partial charge in [0.2, 0.25) is 5.91 Å². The van der Waals surface area contributed by atoms with Gasteiger partial charge in [0.1, 0.15) is 0 Å². The number of rotatable bonds is 9. The molecule has 4 rings (SSSR count). The van der Waals surface area contributed by atoms with E-state index in [1.165, 1.54) is 38.5 Å². The molecule has 7 atom stereocenters. The number of fused-ring (bicyclic) bond motifs is 1. The summed E-state index contributed by atoms with van der Waals surface area (Å²) in [6.45, 7) is 11.2. The standard InChI is InChI=1S/C26H51N7O/c1-18(2)33-25-23(16-30-33)22(26(34)29-15-20-7-5-10-28-14-20)13-24(31-25)21-8-4-6-19(12-21)17-32(3)11-9-27/h18-25,28,30-31H,4-17,27H2,1-3H3,(H,29,34). The van der Waals surface area contributed by atoms with Crippen molar-refractivity contribution in [2.75, 3.05) is 52.9 Å². The summed E-state index contributed by atoms with van der Waals surface area (Å²) in [6, 6.07) is 0.819. The van der Waals surface area contributed by atoms with Gasteiger partial charge in [0.25, 0.3) is 0 Å². The van der Waals surface area contributed by atoms with E-state index < -0.39 is 0 Å². The fourth-order valence-corrected chi connectivity index (χ4v) is 7.15. The lowest BCUT2D eigenvalue weighted by Gasteiger charge is -2.46. The Bertz CT molecular complexity index is 641. The maximum Gasteiger partial charge on any atom is 0.223 e. The van der Waals surface area contributed by atoms with Crippen LogP contribution in [0.4, 0.5) is 0 Å². The first-order valence-corrected chi connectivity index (χ1v) is 14.1. The number of nitrogens with two attached hydrogens (primary N) is 1. The second-order valence-electron chi connectivity index (χ2n) is 11.9. The van der Waals surface area contributed by atoms with Gasteiger partial charge in [0.05, 0.1) is 6.17 Å². The summed E-state index contributed by atoms with van der Waals surface area (Å²) in [7, 11) is 2.20. The Hall–Kier alpha value is -0.770. The third-order valence-electron chi connectivity index (χ3n) is 8.95. The Kier molecular flexibility index (Phi) is 9.64. The quantitative estimate of drug-likeness (QED) is 0.337. The van der Waals surface area contributed by atoms with Crippen LogP contribution in [0.5, 0.6) is 0 Å². The van der Waals surface area contributed by atoms with Crippen LogP contribution in [0.3, 0.4) is 0 Å². The number of piperidine rings is 2. The number of amides is 1. The number of nitrogens with zero attached hydrogens (tertiary/aromatic N) is 2. The minimum atomic E-state index is 0.0874. The highest BCUT2D eigenvalue weighted by Crippen LogP contribution is 2.39. The van der Waals surface area contributed by atoms with Crippen molar-refractivity contribution in [2.24, 2.45) is 35.3 Å². The first-order valence-electron chi connectivity index (χ1n) is 14.1. The molecule has 1 saturated carbocycles. The van der Waals surface area contributed by atoms with Gasteiger partial charge in [-0.05, 0) is 90.3 Å². The molecule has 0 aromatic carbocycles. The molecule has 0 spiro atoms. The lowest BCUT2D eigenvalue weighted by molar-refractivity contribution is -0.129. The summed E-state index contributed by atoms with van der Waals surface area (Å²) in [5.41, 5.74) is 9.40. The zero-order valence-corrected chi connectivity index (χ0v) is 21.9. The van der Waals surface area contributed by atoms with Crippen LogP contribution >= 0.6 is 0 Å². The number of carbonyl (C=O) groups excluding carboxylic acids is 1. The summed E-state index contributed by atoms with van der Waals surface area (Å²) < 4.78 is 0. The molecule has 3 heterocycles. The minimum Gasteiger partial charge on any atom is -0.356 e. The van der Waals surface area contributed by atoms with Gasteiger partial charge in [-0.3, -0.25) is 15.5 Å². The van der Waals surface area contributed by atoms with Crippen LogP contribution < -0.4 is 27.1 Å². The predicted octanol–water partition coefficient (Wildman–Crippen LogP) is 0.948. The van der Waals surface area contributed by atoms with Gasteiger partial charge < -0.3 is 21.3 Å². The summed E-state index contributed by atoms with van der Waals surface area (Å²) in [5, 5.41) is 13.3. The summed E-state index contributed by atoms with van der Waals surface area (Å²) in [4.78, 5) is 15.9. The van der Waals surface area contributed by atoms with Gasteiger partial charge in [-0.2, -0.15) is 0 Å². The average molecular weight is 478 g/mol. The molecule has 0 radical (unpaired) electrons. The molecule has 8 nitrogen and oxygen atoms in total. The van der Waals surface area contributed by atoms with E-state index in [1.54, 1.807) is 0 Å². The number of hydrogen-bond donors (Lipinski definition) is 5. The van der Waals surface area contributed by atoms with Crippen LogP contribution in [0.2, 0.25) is 0 Å². The molecular weight excluding hydrogens is 426 g/mol. The third-order valence-corrected chi connectivity index (χ3v) is 8.95. The van der Waals surface area contributed by atoms with E-state index in [9.17, 15) is 4.79 Å². The molecule has 0 aromatic heterocycles. The Labute approximate surface area is 207 Å². The van der Waals surface area contributed by atoms with Gasteiger partial charge >= 0.3 is 0 Å². The van der Waals surface area contributed by atoms with Crippen LogP contribution in [0, 0.1) is 29.6 Å². The SMILES string of the molecule is CC(C)N1NCC2C(C(=O)NCC3CCCNC3)CC(C3CCCC(CN(C)CCN)C3)NC21. The van der Waals surface area contributed by atoms with Gasteiger partial charge in [-0.1, -0.05) is 6.42 Å². The molecule has 0 aromatic rings. The molecule has 0 bridgehead atoms. The number of likely N-dealkylation sites (N-methyl/N-ethyl adjacent to an activating group) is 1. The predicted molar refractivity (Wildman–Crippen MR) is 138 cm³/mol. The van der Waals surface area contributed by atoms with Gasteiger partial charge in [0.15, 0.2) is 0 Å². The van der Waals surface area contributed by atoms with Crippen molar-refractivity contribution in [3.05, 3.63) is 0 Å². The minimum absolute atomic E-state index is 0.0874. The lowest BCUT2D eigenvalue weighted by atomic mass is 9.71. The number of hydrogen-bond acceptors (Lipinski definition) is 7. The van der Waals surface area contributed by atoms with Crippen molar-refractivity contribution < 1.29 is 4.79 Å². The second kappa shape index (κ2) is 12.5. The summed E-state index contributed by atoms with van der Waals surface area (Å²) in [6.07, 6.45) is 8.82. The van der Waals surface area contributed by atoms with E-state index >= 15 is 0 Å². The van der Waals surface area contributed by atoms with E-state index in [0.717, 1.165) is 58.2 Å². The molecule has 6 N–H and O–H groups in total. The Morgan fingerprint density at radius 2 is 1.97 bits per heavy atom. The van der Waals surface area contributed by atoms with Crippen molar-refractivity contribution in [3.63, 3.8) is 0 Å². The molecule has 196 valence electrons. The molecule has 1 amide bonds. The van der Waals surface area contributed by atoms with Crippen molar-refractivity contribution in [3.8, 4) is 0 Å². The van der Waals surface area contributed by atoms with E-state index in [4.69, 9.17) is 5.73 Å². The molecule has 4 aliphatic rings. The summed E-state index contributed by atoms with van der Waals surface area (Å²) >= 11 is 0. The van der Waals surface area contributed by atoms with E-state index in [0.29, 0.717) is 29.8 Å². The Balaban J connectivity index is 1.41. The zero-order valence-electron chi connectivity index (χ0n) is 21.9. The topological polar surface area (TPSA) is 97.7 Å². The highest BCUT2D eigenvalue weighted by atomic mass is 16.1. The van der Waals surface area contributed by atoms with E-state index in [-0.39, 0.29) is 18.0 Å². The van der Waals surface area contributed by atoms with E-state index in [2.05, 4.69) is 52.2 Å². The van der Waals surface area contributed by atoms with Crippen LogP contribution in [0.1, 0.15) is 58.8 Å². The molecule has 4 fully saturated rings. The fraction of sp³-hybridized carbons (Fsp3) is 0.962. The molecule has 34 heavy (non-hydrogen) atoms. The maximum absolute atomic E-state index is 13.5. The first-order chi connectivity index (χ1) is 16.5. The molecule has 8 heteroatoms. The lowest BCUT2D eigenvalue weighted by Crippen LogP contribution is -2.62. The van der Waals surface area contributed by atoms with E-state index in [1.807, 2.05) is 0 Å². The highest BCUT2D eigenvalue weighted by Gasteiger charge is 2.49. The molecule has 1 aliphatic carbocycles. The average Bonchev–Trinajstić information content (AvgIpc) is 3.27. The van der Waals surface area contributed by atoms with Gasteiger partial charge in [-0.25, -0.2) is 5.01 Å². The largest absolute Gasteiger partial charge is 0.356 e. The Morgan fingerprint density at radius 3 is 2.71 bits per heavy atom. The van der Waals surface area contributed by atoms with Crippen molar-refractivity contribution in [1.29, 1.82) is 0 Å². The van der Waals surface area contributed by atoms with Gasteiger partial charge in [0, 0.05) is 56.6 Å². The maximum atomic E-state index is 13.5. The van der Waals surface area contributed by atoms with Crippen LogP contribution in [0.15, 0.2) is 0 Å². The molecule has 3 saturated heterocycles. The Morgan fingerprint density at radius 1 is 1.15 bits per heavy atom. The molecule has 7 unspecified atom stereocenters. The smallest absolute Gasteiger partial charge is 0.223 e. The monoisotopic (exact) mass is 477 g/mol. The van der Waals surface area contributed by atoms with Crippen molar-refractivity contribution in [1.82, 2.24) is 31.3 Å².